The summed E-state index contributed by atoms with van der Waals surface area (Å²) in [6.45, 7) is 7.25. The number of thiophene rings is 1. The second-order valence-corrected chi connectivity index (χ2v) is 9.14. The van der Waals surface area contributed by atoms with Crippen LogP contribution in [0.5, 0.6) is 5.75 Å². The number of nitrogens with zero attached hydrogens (tertiary/aromatic N) is 4. The van der Waals surface area contributed by atoms with E-state index in [2.05, 4.69) is 63.2 Å². The van der Waals surface area contributed by atoms with Crippen LogP contribution >= 0.6 is 11.3 Å². The number of methoxy groups -OCH3 is 1. The summed E-state index contributed by atoms with van der Waals surface area (Å²) in [5.74, 6) is 0.960. The van der Waals surface area contributed by atoms with E-state index in [-0.39, 0.29) is 0 Å². The lowest BCUT2D eigenvalue weighted by molar-refractivity contribution is 0.233. The Hall–Kier alpha value is -2.83. The van der Waals surface area contributed by atoms with E-state index in [1.54, 1.807) is 7.11 Å². The minimum absolute atomic E-state index is 0.956. The lowest BCUT2D eigenvalue weighted by Gasteiger charge is -2.37. The molecule has 0 atom stereocenters. The highest BCUT2D eigenvalue weighted by Gasteiger charge is 2.21. The van der Waals surface area contributed by atoms with Gasteiger partial charge in [-0.05, 0) is 23.8 Å². The van der Waals surface area contributed by atoms with Crippen LogP contribution in [0, 0.1) is 0 Å². The van der Waals surface area contributed by atoms with Crippen molar-refractivity contribution < 1.29 is 4.74 Å². The second kappa shape index (κ2) is 9.12. The Morgan fingerprint density at radius 1 is 0.935 bits per heavy atom. The molecule has 160 valence electrons. The van der Waals surface area contributed by atoms with E-state index in [1.807, 2.05) is 29.8 Å². The van der Waals surface area contributed by atoms with Gasteiger partial charge in [0.25, 0.3) is 0 Å². The first kappa shape index (κ1) is 20.1. The Morgan fingerprint density at radius 3 is 2.52 bits per heavy atom. The molecule has 3 heterocycles. The first-order valence-electron chi connectivity index (χ1n) is 10.9. The molecule has 0 amide bonds. The molecule has 0 radical (unpaired) electrons. The third-order valence-corrected chi connectivity index (χ3v) is 7.21. The summed E-state index contributed by atoms with van der Waals surface area (Å²) in [5.41, 5.74) is 3.61. The fraction of sp³-hybridized carbons (Fsp3) is 0.320. The number of hydrogen-bond acceptors (Lipinski definition) is 6. The van der Waals surface area contributed by atoms with Gasteiger partial charge < -0.3 is 14.5 Å². The molecule has 0 N–H and O–H groups in total. The zero-order chi connectivity index (χ0) is 21.0. The Labute approximate surface area is 188 Å². The van der Waals surface area contributed by atoms with Crippen molar-refractivity contribution in [3.8, 4) is 16.2 Å². The molecule has 0 bridgehead atoms. The topological polar surface area (TPSA) is 31.3 Å². The predicted molar refractivity (Wildman–Crippen MR) is 130 cm³/mol. The van der Waals surface area contributed by atoms with Crippen molar-refractivity contribution in [2.24, 2.45) is 4.99 Å². The van der Waals surface area contributed by atoms with Crippen LogP contribution in [0.3, 0.4) is 0 Å². The van der Waals surface area contributed by atoms with E-state index >= 15 is 0 Å². The lowest BCUT2D eigenvalue weighted by Crippen LogP contribution is -2.48. The largest absolute Gasteiger partial charge is 0.495 e. The smallest absolute Gasteiger partial charge is 0.142 e. The van der Waals surface area contributed by atoms with Crippen LogP contribution in [0.2, 0.25) is 0 Å². The molecule has 2 aromatic carbocycles. The quantitative estimate of drug-likeness (QED) is 0.564. The number of ether oxygens (including phenoxy) is 1. The van der Waals surface area contributed by atoms with Crippen LogP contribution < -0.4 is 9.64 Å². The third kappa shape index (κ3) is 4.45. The van der Waals surface area contributed by atoms with Gasteiger partial charge in [0.05, 0.1) is 36.2 Å². The molecule has 0 saturated carbocycles. The molecule has 0 aliphatic carbocycles. The maximum absolute atomic E-state index is 5.54. The van der Waals surface area contributed by atoms with Crippen molar-refractivity contribution in [1.82, 2.24) is 9.80 Å². The Morgan fingerprint density at radius 2 is 1.71 bits per heavy atom. The predicted octanol–water partition coefficient (Wildman–Crippen LogP) is 4.72. The highest BCUT2D eigenvalue weighted by atomic mass is 32.1. The van der Waals surface area contributed by atoms with Crippen molar-refractivity contribution in [3.05, 3.63) is 65.5 Å². The van der Waals surface area contributed by atoms with Gasteiger partial charge in [-0.3, -0.25) is 4.90 Å². The van der Waals surface area contributed by atoms with E-state index < -0.39 is 0 Å². The van der Waals surface area contributed by atoms with Crippen LogP contribution in [0.4, 0.5) is 11.4 Å². The molecule has 0 spiro atoms. The highest BCUT2D eigenvalue weighted by molar-refractivity contribution is 7.16. The summed E-state index contributed by atoms with van der Waals surface area (Å²) in [5, 5.41) is 0. The highest BCUT2D eigenvalue weighted by Crippen LogP contribution is 2.38. The molecule has 6 heteroatoms. The SMILES string of the molecule is COc1ccccc1N1CCN(CCN2C=Nc3cc(-c4ccccc4)sc3C2)CC1. The molecule has 1 aromatic heterocycles. The van der Waals surface area contributed by atoms with Gasteiger partial charge >= 0.3 is 0 Å². The van der Waals surface area contributed by atoms with Crippen LogP contribution in [-0.4, -0.2) is 62.5 Å². The summed E-state index contributed by atoms with van der Waals surface area (Å²) < 4.78 is 5.54. The van der Waals surface area contributed by atoms with Crippen molar-refractivity contribution in [1.29, 1.82) is 0 Å². The van der Waals surface area contributed by atoms with E-state index in [0.717, 1.165) is 57.3 Å². The molecule has 0 unspecified atom stereocenters. The number of fused-ring (bicyclic) bond motifs is 1. The van der Waals surface area contributed by atoms with E-state index in [9.17, 15) is 0 Å². The molecular formula is C25H28N4OS. The number of para-hydroxylation sites is 2. The normalized spacial score (nSPS) is 16.4. The number of hydrogen-bond donors (Lipinski definition) is 0. The standard InChI is InChI=1S/C25H28N4OS/c1-30-23-10-6-5-9-22(23)29-15-13-27(14-16-29)11-12-28-18-25-21(26-19-28)17-24(31-25)20-7-3-2-4-8-20/h2-10,17,19H,11-16,18H2,1H3. The third-order valence-electron chi connectivity index (χ3n) is 6.05. The van der Waals surface area contributed by atoms with Gasteiger partial charge in [0.2, 0.25) is 0 Å². The number of piperazine rings is 1. The molecular weight excluding hydrogens is 404 g/mol. The van der Waals surface area contributed by atoms with Crippen LogP contribution in [0.15, 0.2) is 65.7 Å². The van der Waals surface area contributed by atoms with Gasteiger partial charge in [0.15, 0.2) is 0 Å². The van der Waals surface area contributed by atoms with E-state index in [1.165, 1.54) is 21.0 Å². The summed E-state index contributed by atoms with van der Waals surface area (Å²) in [6.07, 6.45) is 2.02. The molecule has 3 aromatic rings. The van der Waals surface area contributed by atoms with Gasteiger partial charge in [-0.15, -0.1) is 11.3 Å². The minimum Gasteiger partial charge on any atom is -0.495 e. The Balaban J connectivity index is 1.13. The van der Waals surface area contributed by atoms with Crippen molar-refractivity contribution in [2.75, 3.05) is 51.3 Å². The maximum Gasteiger partial charge on any atom is 0.142 e. The summed E-state index contributed by atoms with van der Waals surface area (Å²) in [7, 11) is 1.75. The average molecular weight is 433 g/mol. The molecule has 31 heavy (non-hydrogen) atoms. The van der Waals surface area contributed by atoms with Crippen molar-refractivity contribution in [2.45, 2.75) is 6.54 Å². The summed E-state index contributed by atoms with van der Waals surface area (Å²) >= 11 is 1.87. The van der Waals surface area contributed by atoms with E-state index in [0.29, 0.717) is 0 Å². The zero-order valence-electron chi connectivity index (χ0n) is 17.9. The van der Waals surface area contributed by atoms with Gasteiger partial charge in [-0.2, -0.15) is 0 Å². The van der Waals surface area contributed by atoms with Gasteiger partial charge in [0.1, 0.15) is 5.75 Å². The number of anilines is 1. The molecule has 5 rings (SSSR count). The first-order chi connectivity index (χ1) is 15.3. The first-order valence-corrected chi connectivity index (χ1v) is 11.7. The number of aliphatic imine (C=N–C) groups is 1. The number of rotatable bonds is 6. The van der Waals surface area contributed by atoms with Crippen LogP contribution in [-0.2, 0) is 6.54 Å². The van der Waals surface area contributed by atoms with Crippen LogP contribution in [0.25, 0.3) is 10.4 Å². The minimum atomic E-state index is 0.956. The molecule has 5 nitrogen and oxygen atoms in total. The fourth-order valence-corrected chi connectivity index (χ4v) is 5.40. The molecule has 1 fully saturated rings. The Kier molecular flexibility index (Phi) is 5.91. The van der Waals surface area contributed by atoms with Crippen molar-refractivity contribution >= 4 is 29.1 Å². The van der Waals surface area contributed by atoms with Crippen molar-refractivity contribution in [3.63, 3.8) is 0 Å². The monoisotopic (exact) mass is 432 g/mol. The molecule has 1 saturated heterocycles. The van der Waals surface area contributed by atoms with Gasteiger partial charge in [0, 0.05) is 44.1 Å². The average Bonchev–Trinajstić information content (AvgIpc) is 3.27. The maximum atomic E-state index is 5.54. The summed E-state index contributed by atoms with van der Waals surface area (Å²) in [4.78, 5) is 14.7. The zero-order valence-corrected chi connectivity index (χ0v) is 18.7. The Bertz CT molecular complexity index is 1040. The van der Waals surface area contributed by atoms with Gasteiger partial charge in [-0.1, -0.05) is 42.5 Å². The van der Waals surface area contributed by atoms with E-state index in [4.69, 9.17) is 9.73 Å². The molecule has 2 aliphatic rings. The lowest BCUT2D eigenvalue weighted by atomic mass is 10.2. The molecule has 2 aliphatic heterocycles. The fourth-order valence-electron chi connectivity index (χ4n) is 4.27. The van der Waals surface area contributed by atoms with Gasteiger partial charge in [-0.25, -0.2) is 4.99 Å². The summed E-state index contributed by atoms with van der Waals surface area (Å²) in [6, 6.07) is 21.1. The van der Waals surface area contributed by atoms with Crippen LogP contribution in [0.1, 0.15) is 4.88 Å². The number of benzene rings is 2. The second-order valence-electron chi connectivity index (χ2n) is 8.00.